The largest absolute Gasteiger partial charge is 0.480 e. The van der Waals surface area contributed by atoms with E-state index >= 15 is 0 Å². The molecule has 1 amide bonds. The molecule has 0 radical (unpaired) electrons. The Kier molecular flexibility index (Phi) is 4.22. The van der Waals surface area contributed by atoms with E-state index in [1.165, 1.54) is 4.90 Å². The predicted molar refractivity (Wildman–Crippen MR) is 66.9 cm³/mol. The number of hydrogen-bond donors (Lipinski definition) is 2. The van der Waals surface area contributed by atoms with Crippen molar-refractivity contribution in [3.8, 4) is 0 Å². The minimum absolute atomic E-state index is 0.0331. The van der Waals surface area contributed by atoms with Crippen LogP contribution in [0.4, 0.5) is 0 Å². The molecule has 3 N–H and O–H groups in total. The van der Waals surface area contributed by atoms with Gasteiger partial charge in [0.05, 0.1) is 5.92 Å². The van der Waals surface area contributed by atoms with E-state index in [-0.39, 0.29) is 17.9 Å². The topological polar surface area (TPSA) is 83.6 Å². The molecule has 2 aliphatic rings. The summed E-state index contributed by atoms with van der Waals surface area (Å²) < 4.78 is 0. The maximum Gasteiger partial charge on any atom is 0.326 e. The van der Waals surface area contributed by atoms with Crippen LogP contribution in [0.3, 0.4) is 0 Å². The first-order chi connectivity index (χ1) is 8.61. The summed E-state index contributed by atoms with van der Waals surface area (Å²) in [5.74, 6) is -1.09. The normalized spacial score (nSPS) is 33.2. The molecule has 1 aliphatic carbocycles. The van der Waals surface area contributed by atoms with Crippen LogP contribution in [-0.2, 0) is 9.59 Å². The van der Waals surface area contributed by atoms with Gasteiger partial charge in [-0.05, 0) is 25.7 Å². The molecular formula is C13H22N2O3. The lowest BCUT2D eigenvalue weighted by Gasteiger charge is -2.28. The van der Waals surface area contributed by atoms with Gasteiger partial charge in [0.2, 0.25) is 5.91 Å². The molecule has 5 heteroatoms. The van der Waals surface area contributed by atoms with Crippen molar-refractivity contribution >= 4 is 11.9 Å². The zero-order valence-corrected chi connectivity index (χ0v) is 10.7. The Morgan fingerprint density at radius 3 is 2.50 bits per heavy atom. The van der Waals surface area contributed by atoms with Crippen LogP contribution < -0.4 is 5.73 Å². The van der Waals surface area contributed by atoms with E-state index in [0.717, 1.165) is 38.5 Å². The van der Waals surface area contributed by atoms with Gasteiger partial charge in [0.1, 0.15) is 6.04 Å². The number of carbonyl (C=O) groups is 2. The van der Waals surface area contributed by atoms with Crippen molar-refractivity contribution in [2.24, 2.45) is 11.7 Å². The maximum atomic E-state index is 12.5. The van der Waals surface area contributed by atoms with Gasteiger partial charge in [-0.25, -0.2) is 4.79 Å². The average molecular weight is 254 g/mol. The molecule has 0 bridgehead atoms. The molecule has 0 aromatic heterocycles. The second-order valence-electron chi connectivity index (χ2n) is 5.44. The summed E-state index contributed by atoms with van der Waals surface area (Å²) in [6.45, 7) is 0.568. The third kappa shape index (κ3) is 2.66. The molecule has 1 saturated heterocycles. The van der Waals surface area contributed by atoms with E-state index in [1.54, 1.807) is 0 Å². The van der Waals surface area contributed by atoms with Gasteiger partial charge in [-0.1, -0.05) is 19.3 Å². The number of nitrogens with two attached hydrogens (primary N) is 1. The summed E-state index contributed by atoms with van der Waals surface area (Å²) >= 11 is 0. The van der Waals surface area contributed by atoms with Crippen molar-refractivity contribution < 1.29 is 14.7 Å². The minimum atomic E-state index is -0.886. The van der Waals surface area contributed by atoms with Crippen molar-refractivity contribution in [2.45, 2.75) is 57.0 Å². The molecule has 2 fully saturated rings. The van der Waals surface area contributed by atoms with Gasteiger partial charge in [-0.2, -0.15) is 0 Å². The highest BCUT2D eigenvalue weighted by Gasteiger charge is 2.38. The van der Waals surface area contributed by atoms with Gasteiger partial charge in [-0.3, -0.25) is 4.79 Å². The molecule has 1 aliphatic heterocycles. The quantitative estimate of drug-likeness (QED) is 0.719. The third-order valence-electron chi connectivity index (χ3n) is 4.21. The zero-order chi connectivity index (χ0) is 13.1. The number of aliphatic carboxylic acids is 1. The number of carboxylic acid groups (broad SMARTS) is 1. The molecule has 0 aromatic carbocycles. The summed E-state index contributed by atoms with van der Waals surface area (Å²) in [6.07, 6.45) is 6.27. The highest BCUT2D eigenvalue weighted by Crippen LogP contribution is 2.27. The predicted octanol–water partition coefficient (Wildman–Crippen LogP) is 0.970. The Hall–Kier alpha value is -1.10. The van der Waals surface area contributed by atoms with Crippen LogP contribution in [0.2, 0.25) is 0 Å². The lowest BCUT2D eigenvalue weighted by molar-refractivity contribution is -0.150. The average Bonchev–Trinajstić information content (AvgIpc) is 2.72. The molecule has 0 aromatic rings. The Morgan fingerprint density at radius 1 is 1.06 bits per heavy atom. The number of amides is 1. The van der Waals surface area contributed by atoms with Crippen LogP contribution in [0.25, 0.3) is 0 Å². The first-order valence-corrected chi connectivity index (χ1v) is 6.90. The van der Waals surface area contributed by atoms with Crippen LogP contribution in [0.15, 0.2) is 0 Å². The van der Waals surface area contributed by atoms with E-state index in [2.05, 4.69) is 0 Å². The second kappa shape index (κ2) is 5.69. The van der Waals surface area contributed by atoms with Crippen LogP contribution >= 0.6 is 0 Å². The van der Waals surface area contributed by atoms with Crippen molar-refractivity contribution in [1.29, 1.82) is 0 Å². The lowest BCUT2D eigenvalue weighted by atomic mass is 9.93. The van der Waals surface area contributed by atoms with Crippen molar-refractivity contribution in [3.63, 3.8) is 0 Å². The van der Waals surface area contributed by atoms with E-state index < -0.39 is 12.0 Å². The Labute approximate surface area is 107 Å². The fourth-order valence-electron chi connectivity index (χ4n) is 3.14. The molecule has 1 saturated carbocycles. The first-order valence-electron chi connectivity index (χ1n) is 6.90. The molecular weight excluding hydrogens is 232 g/mol. The van der Waals surface area contributed by atoms with Crippen LogP contribution in [-0.4, -0.2) is 40.5 Å². The molecule has 18 heavy (non-hydrogen) atoms. The fourth-order valence-corrected chi connectivity index (χ4v) is 3.14. The fraction of sp³-hybridized carbons (Fsp3) is 0.846. The number of hydrogen-bond acceptors (Lipinski definition) is 3. The number of rotatable bonds is 2. The van der Waals surface area contributed by atoms with E-state index in [9.17, 15) is 9.59 Å². The summed E-state index contributed by atoms with van der Waals surface area (Å²) in [5.41, 5.74) is 6.07. The number of carboxylic acids is 1. The van der Waals surface area contributed by atoms with Gasteiger partial charge in [0.25, 0.3) is 0 Å². The standard InChI is InChI=1S/C13H22N2O3/c14-10-6-3-1-2-5-9(10)12(16)15-8-4-7-11(15)13(17)18/h9-11H,1-8,14H2,(H,17,18)/t9?,10?,11-/m1/s1. The Balaban J connectivity index is 2.07. The van der Waals surface area contributed by atoms with Gasteiger partial charge in [-0.15, -0.1) is 0 Å². The smallest absolute Gasteiger partial charge is 0.326 e. The monoisotopic (exact) mass is 254 g/mol. The molecule has 5 nitrogen and oxygen atoms in total. The molecule has 1 heterocycles. The Morgan fingerprint density at radius 2 is 1.78 bits per heavy atom. The first kappa shape index (κ1) is 13.3. The van der Waals surface area contributed by atoms with Gasteiger partial charge in [0.15, 0.2) is 0 Å². The zero-order valence-electron chi connectivity index (χ0n) is 10.7. The van der Waals surface area contributed by atoms with Crippen molar-refractivity contribution in [3.05, 3.63) is 0 Å². The summed E-state index contributed by atoms with van der Waals surface area (Å²) in [7, 11) is 0. The number of nitrogens with zero attached hydrogens (tertiary/aromatic N) is 1. The molecule has 3 atom stereocenters. The van der Waals surface area contributed by atoms with E-state index in [1.807, 2.05) is 0 Å². The highest BCUT2D eigenvalue weighted by atomic mass is 16.4. The van der Waals surface area contributed by atoms with Crippen LogP contribution in [0.5, 0.6) is 0 Å². The van der Waals surface area contributed by atoms with Gasteiger partial charge >= 0.3 is 5.97 Å². The lowest BCUT2D eigenvalue weighted by Crippen LogP contribution is -2.48. The SMILES string of the molecule is NC1CCCCCC1C(=O)N1CCC[C@@H]1C(=O)O. The molecule has 2 unspecified atom stereocenters. The Bertz CT molecular complexity index is 332. The summed E-state index contributed by atoms with van der Waals surface area (Å²) in [5, 5.41) is 9.13. The van der Waals surface area contributed by atoms with Gasteiger partial charge in [0, 0.05) is 12.6 Å². The minimum Gasteiger partial charge on any atom is -0.480 e. The molecule has 0 spiro atoms. The van der Waals surface area contributed by atoms with Crippen LogP contribution in [0, 0.1) is 5.92 Å². The van der Waals surface area contributed by atoms with E-state index in [0.29, 0.717) is 13.0 Å². The van der Waals surface area contributed by atoms with Crippen molar-refractivity contribution in [2.75, 3.05) is 6.54 Å². The van der Waals surface area contributed by atoms with Crippen molar-refractivity contribution in [1.82, 2.24) is 4.90 Å². The number of carbonyl (C=O) groups excluding carboxylic acids is 1. The highest BCUT2D eigenvalue weighted by molar-refractivity contribution is 5.86. The molecule has 2 rings (SSSR count). The summed E-state index contributed by atoms with van der Waals surface area (Å²) in [4.78, 5) is 25.1. The van der Waals surface area contributed by atoms with E-state index in [4.69, 9.17) is 10.8 Å². The van der Waals surface area contributed by atoms with Gasteiger partial charge < -0.3 is 15.7 Å². The summed E-state index contributed by atoms with van der Waals surface area (Å²) in [6, 6.07) is -0.733. The van der Waals surface area contributed by atoms with Crippen LogP contribution in [0.1, 0.15) is 44.9 Å². The third-order valence-corrected chi connectivity index (χ3v) is 4.21. The molecule has 102 valence electrons. The second-order valence-corrected chi connectivity index (χ2v) is 5.44. The number of likely N-dealkylation sites (tertiary alicyclic amines) is 1. The maximum absolute atomic E-state index is 12.5.